The molecule has 0 aromatic carbocycles. The van der Waals surface area contributed by atoms with Crippen LogP contribution < -0.4 is 0 Å². The molecule has 17 nitrogen and oxygen atoms in total. The number of aliphatic hydroxyl groups excluding tert-OH is 1. The average Bonchev–Trinajstić information content (AvgIpc) is 0.938. The number of rotatable bonds is 80. The Labute approximate surface area is 619 Å². The molecule has 0 aliphatic carbocycles. The second-order valence-corrected chi connectivity index (χ2v) is 33.4. The Balaban J connectivity index is 5.25. The number of hydrogen-bond donors (Lipinski definition) is 3. The number of carbonyl (C=O) groups excluding carboxylic acids is 4. The lowest BCUT2D eigenvalue weighted by atomic mass is 9.99. The molecule has 0 bridgehead atoms. The van der Waals surface area contributed by atoms with E-state index in [9.17, 15) is 43.2 Å². The minimum atomic E-state index is -4.96. The molecule has 0 spiro atoms. The van der Waals surface area contributed by atoms with Gasteiger partial charge in [-0.2, -0.15) is 0 Å². The van der Waals surface area contributed by atoms with Crippen LogP contribution >= 0.6 is 15.6 Å². The molecule has 19 heteroatoms. The molecule has 101 heavy (non-hydrogen) atoms. The highest BCUT2D eigenvalue weighted by atomic mass is 31.2. The maximum atomic E-state index is 13.1. The molecule has 7 atom stereocenters. The second kappa shape index (κ2) is 72.3. The van der Waals surface area contributed by atoms with Crippen LogP contribution in [-0.4, -0.2) is 96.7 Å². The van der Waals surface area contributed by atoms with Gasteiger partial charge < -0.3 is 33.8 Å². The van der Waals surface area contributed by atoms with E-state index in [0.717, 1.165) is 108 Å². The van der Waals surface area contributed by atoms with Crippen molar-refractivity contribution >= 4 is 39.5 Å². The smallest absolute Gasteiger partial charge is 0.462 e. The maximum Gasteiger partial charge on any atom is 0.472 e. The molecule has 600 valence electrons. The van der Waals surface area contributed by atoms with E-state index in [2.05, 4.69) is 48.5 Å². The molecule has 0 fully saturated rings. The van der Waals surface area contributed by atoms with Gasteiger partial charge in [-0.3, -0.25) is 37.3 Å². The van der Waals surface area contributed by atoms with Gasteiger partial charge in [-0.1, -0.05) is 376 Å². The van der Waals surface area contributed by atoms with Crippen LogP contribution in [0.15, 0.2) is 0 Å². The summed E-state index contributed by atoms with van der Waals surface area (Å²) in [5.41, 5.74) is 0. The third-order valence-electron chi connectivity index (χ3n) is 19.9. The first-order valence-electron chi connectivity index (χ1n) is 42.4. The van der Waals surface area contributed by atoms with Crippen LogP contribution in [0.1, 0.15) is 427 Å². The fourth-order valence-electron chi connectivity index (χ4n) is 12.6. The Morgan fingerprint density at radius 2 is 0.505 bits per heavy atom. The van der Waals surface area contributed by atoms with Crippen LogP contribution in [0.5, 0.6) is 0 Å². The first-order valence-corrected chi connectivity index (χ1v) is 45.4. The summed E-state index contributed by atoms with van der Waals surface area (Å²) in [6.45, 7) is 12.0. The summed E-state index contributed by atoms with van der Waals surface area (Å²) in [6.07, 6.45) is 60.9. The van der Waals surface area contributed by atoms with Crippen molar-refractivity contribution in [1.82, 2.24) is 0 Å². The lowest BCUT2D eigenvalue weighted by Crippen LogP contribution is -2.30. The van der Waals surface area contributed by atoms with Crippen molar-refractivity contribution in [1.29, 1.82) is 0 Å². The number of phosphoric acid groups is 2. The highest BCUT2D eigenvalue weighted by molar-refractivity contribution is 7.47. The zero-order valence-electron chi connectivity index (χ0n) is 66.4. The molecule has 0 aromatic rings. The highest BCUT2D eigenvalue weighted by Crippen LogP contribution is 2.45. The number of ether oxygens (including phenoxy) is 4. The quantitative estimate of drug-likeness (QED) is 0.0222. The van der Waals surface area contributed by atoms with Gasteiger partial charge in [0, 0.05) is 25.7 Å². The Morgan fingerprint density at radius 3 is 0.752 bits per heavy atom. The van der Waals surface area contributed by atoms with Crippen LogP contribution in [0, 0.1) is 17.8 Å². The molecule has 0 rings (SSSR count). The molecule has 4 unspecified atom stereocenters. The minimum absolute atomic E-state index is 0.107. The third kappa shape index (κ3) is 73.4. The van der Waals surface area contributed by atoms with Crippen molar-refractivity contribution in [3.8, 4) is 0 Å². The average molecular weight is 1480 g/mol. The van der Waals surface area contributed by atoms with Crippen molar-refractivity contribution < 1.29 is 80.2 Å². The Morgan fingerprint density at radius 1 is 0.287 bits per heavy atom. The Hall–Kier alpha value is -1.94. The fourth-order valence-corrected chi connectivity index (χ4v) is 14.2. The van der Waals surface area contributed by atoms with Gasteiger partial charge >= 0.3 is 39.5 Å². The topological polar surface area (TPSA) is 237 Å². The van der Waals surface area contributed by atoms with Crippen molar-refractivity contribution in [3.63, 3.8) is 0 Å². The van der Waals surface area contributed by atoms with Gasteiger partial charge in [-0.25, -0.2) is 9.13 Å². The standard InChI is InChI=1S/C82H160O17P2/c1-8-11-12-13-14-15-16-17-25-28-35-44-51-58-65-81(86)99-78(70-93-80(85)64-57-50-43-38-37-41-48-55-62-75(7)10-3)72-97-101(90,91)95-68-76(83)67-94-100(88,89)96-71-77(69-92-79(84)63-56-49-42-34-31-30-33-40-47-54-61-74(6)9-2)98-82(87)66-59-52-45-36-29-26-23-21-19-18-20-22-24-27-32-39-46-53-60-73(4)5/h73-78,83H,8-72H2,1-7H3,(H,88,89)(H,90,91)/t74?,75?,76-,77-,78-/m1/s1. The predicted octanol–water partition coefficient (Wildman–Crippen LogP) is 24.5. The molecule has 0 aliphatic rings. The van der Waals surface area contributed by atoms with Gasteiger partial charge in [-0.05, 0) is 43.4 Å². The van der Waals surface area contributed by atoms with E-state index >= 15 is 0 Å². The van der Waals surface area contributed by atoms with Crippen LogP contribution in [-0.2, 0) is 65.4 Å². The summed E-state index contributed by atoms with van der Waals surface area (Å²) in [4.78, 5) is 73.1. The minimum Gasteiger partial charge on any atom is -0.462 e. The van der Waals surface area contributed by atoms with Crippen LogP contribution in [0.3, 0.4) is 0 Å². The van der Waals surface area contributed by atoms with Crippen LogP contribution in [0.4, 0.5) is 0 Å². The van der Waals surface area contributed by atoms with Crippen LogP contribution in [0.2, 0.25) is 0 Å². The molecule has 0 aliphatic heterocycles. The lowest BCUT2D eigenvalue weighted by molar-refractivity contribution is -0.161. The van der Waals surface area contributed by atoms with E-state index in [1.807, 2.05) is 0 Å². The predicted molar refractivity (Wildman–Crippen MR) is 414 cm³/mol. The third-order valence-corrected chi connectivity index (χ3v) is 21.8. The lowest BCUT2D eigenvalue weighted by Gasteiger charge is -2.21. The second-order valence-electron chi connectivity index (χ2n) is 30.5. The normalized spacial score (nSPS) is 14.5. The zero-order chi connectivity index (χ0) is 74.4. The van der Waals surface area contributed by atoms with E-state index in [4.69, 9.17) is 37.0 Å². The molecule has 0 aromatic heterocycles. The van der Waals surface area contributed by atoms with Crippen LogP contribution in [0.25, 0.3) is 0 Å². The number of aliphatic hydroxyl groups is 1. The van der Waals surface area contributed by atoms with Gasteiger partial charge in [0.2, 0.25) is 0 Å². The van der Waals surface area contributed by atoms with E-state index in [-0.39, 0.29) is 25.7 Å². The molecule has 3 N–H and O–H groups in total. The maximum absolute atomic E-state index is 13.1. The SMILES string of the molecule is CCCCCCCCCCCCCCCCC(=O)O[C@H](COC(=O)CCCCCCCCCCC(C)CC)COP(=O)(O)OC[C@H](O)COP(=O)(O)OC[C@@H](COC(=O)CCCCCCCCCCCCC(C)CC)OC(=O)CCCCCCCCCCCCCCCCCCCCC(C)C. The number of hydrogen-bond acceptors (Lipinski definition) is 15. The van der Waals surface area contributed by atoms with Gasteiger partial charge in [0.15, 0.2) is 12.2 Å². The van der Waals surface area contributed by atoms with Gasteiger partial charge in [0.1, 0.15) is 19.3 Å². The molecule has 0 saturated heterocycles. The molecule has 0 radical (unpaired) electrons. The summed E-state index contributed by atoms with van der Waals surface area (Å²) < 4.78 is 68.8. The van der Waals surface area contributed by atoms with Gasteiger partial charge in [-0.15, -0.1) is 0 Å². The summed E-state index contributed by atoms with van der Waals surface area (Å²) in [5.74, 6) is 0.299. The first kappa shape index (κ1) is 99.1. The van der Waals surface area contributed by atoms with Crippen molar-refractivity contribution in [2.24, 2.45) is 17.8 Å². The molecule has 0 amide bonds. The number of carbonyl (C=O) groups is 4. The summed E-state index contributed by atoms with van der Waals surface area (Å²) >= 11 is 0. The fraction of sp³-hybridized carbons (Fsp3) is 0.951. The number of phosphoric ester groups is 2. The highest BCUT2D eigenvalue weighted by Gasteiger charge is 2.30. The summed E-state index contributed by atoms with van der Waals surface area (Å²) in [7, 11) is -9.92. The first-order chi connectivity index (χ1) is 48.8. The number of unbranched alkanes of at least 4 members (excludes halogenated alkanes) is 46. The van der Waals surface area contributed by atoms with Crippen molar-refractivity contribution in [2.45, 2.75) is 446 Å². The van der Waals surface area contributed by atoms with Gasteiger partial charge in [0.05, 0.1) is 26.4 Å². The summed E-state index contributed by atoms with van der Waals surface area (Å²) in [6, 6.07) is 0. The molecule has 0 saturated carbocycles. The van der Waals surface area contributed by atoms with Crippen molar-refractivity contribution in [2.75, 3.05) is 39.6 Å². The van der Waals surface area contributed by atoms with Gasteiger partial charge in [0.25, 0.3) is 0 Å². The zero-order valence-corrected chi connectivity index (χ0v) is 68.2. The molecule has 0 heterocycles. The Bertz CT molecular complexity index is 1960. The van der Waals surface area contributed by atoms with E-state index in [1.165, 1.54) is 238 Å². The van der Waals surface area contributed by atoms with E-state index in [1.54, 1.807) is 0 Å². The van der Waals surface area contributed by atoms with E-state index in [0.29, 0.717) is 25.7 Å². The molecular weight excluding hydrogens is 1320 g/mol. The Kier molecular flexibility index (Phi) is 70.9. The molecular formula is C82H160O17P2. The van der Waals surface area contributed by atoms with Crippen molar-refractivity contribution in [3.05, 3.63) is 0 Å². The monoisotopic (exact) mass is 1480 g/mol. The van der Waals surface area contributed by atoms with E-state index < -0.39 is 97.5 Å². The largest absolute Gasteiger partial charge is 0.472 e. The number of esters is 4. The summed E-state index contributed by atoms with van der Waals surface area (Å²) in [5, 5.41) is 10.7.